The van der Waals surface area contributed by atoms with Crippen molar-refractivity contribution in [1.82, 2.24) is 9.78 Å². The lowest BCUT2D eigenvalue weighted by Gasteiger charge is -2.13. The maximum Gasteiger partial charge on any atom is 0.248 e. The predicted octanol–water partition coefficient (Wildman–Crippen LogP) is 4.32. The van der Waals surface area contributed by atoms with Gasteiger partial charge in [-0.2, -0.15) is 5.10 Å². The average Bonchev–Trinajstić information content (AvgIpc) is 3.05. The molecule has 1 aromatic heterocycles. The van der Waals surface area contributed by atoms with Gasteiger partial charge in [0.05, 0.1) is 12.4 Å². The molecule has 1 heterocycles. The summed E-state index contributed by atoms with van der Waals surface area (Å²) in [6.45, 7) is 3.71. The summed E-state index contributed by atoms with van der Waals surface area (Å²) in [5, 5.41) is 7.03. The first-order valence-electron chi connectivity index (χ1n) is 7.86. The second-order valence-corrected chi connectivity index (χ2v) is 5.75. The minimum absolute atomic E-state index is 0.179. The van der Waals surface area contributed by atoms with Gasteiger partial charge in [-0.05, 0) is 55.8 Å². The Morgan fingerprint density at radius 1 is 1.20 bits per heavy atom. The van der Waals surface area contributed by atoms with E-state index in [1.54, 1.807) is 13.1 Å². The fraction of sp³-hybridized carbons (Fsp3) is 0.158. The Balaban J connectivity index is 1.66. The summed E-state index contributed by atoms with van der Waals surface area (Å²) in [6, 6.07) is 12.8. The molecule has 0 fully saturated rings. The number of amides is 1. The fourth-order valence-corrected chi connectivity index (χ4v) is 2.31. The topological polar surface area (TPSA) is 56.2 Å². The Hall–Kier alpha value is -3.15. The van der Waals surface area contributed by atoms with E-state index in [4.69, 9.17) is 4.74 Å². The van der Waals surface area contributed by atoms with Crippen molar-refractivity contribution in [3.05, 3.63) is 72.3 Å². The molecule has 3 rings (SSSR count). The zero-order chi connectivity index (χ0) is 17.8. The van der Waals surface area contributed by atoms with Crippen molar-refractivity contribution in [2.45, 2.75) is 19.9 Å². The van der Waals surface area contributed by atoms with Crippen molar-refractivity contribution >= 4 is 11.6 Å². The molecule has 0 bridgehead atoms. The van der Waals surface area contributed by atoms with Crippen LogP contribution in [0.5, 0.6) is 11.5 Å². The number of rotatable bonds is 5. The second-order valence-electron chi connectivity index (χ2n) is 5.75. The Labute approximate surface area is 145 Å². The number of ether oxygens (including phenoxy) is 1. The van der Waals surface area contributed by atoms with E-state index in [1.165, 1.54) is 35.1 Å². The van der Waals surface area contributed by atoms with Crippen LogP contribution >= 0.6 is 0 Å². The predicted molar refractivity (Wildman–Crippen MR) is 93.2 cm³/mol. The molecule has 0 spiro atoms. The molecule has 1 unspecified atom stereocenters. The monoisotopic (exact) mass is 339 g/mol. The molecule has 128 valence electrons. The molecule has 1 atom stereocenters. The van der Waals surface area contributed by atoms with E-state index in [1.807, 2.05) is 31.2 Å². The number of hydrogen-bond acceptors (Lipinski definition) is 3. The highest BCUT2D eigenvalue weighted by Crippen LogP contribution is 2.22. The maximum absolute atomic E-state index is 12.9. The minimum atomic E-state index is -0.508. The molecule has 0 saturated carbocycles. The van der Waals surface area contributed by atoms with Crippen LogP contribution in [0.2, 0.25) is 0 Å². The summed E-state index contributed by atoms with van der Waals surface area (Å²) >= 11 is 0. The Morgan fingerprint density at radius 3 is 2.68 bits per heavy atom. The van der Waals surface area contributed by atoms with E-state index >= 15 is 0 Å². The van der Waals surface area contributed by atoms with Gasteiger partial charge in [0.2, 0.25) is 5.91 Å². The number of carbonyl (C=O) groups excluding carboxylic acids is 1. The zero-order valence-electron chi connectivity index (χ0n) is 13.9. The molecule has 0 radical (unpaired) electrons. The van der Waals surface area contributed by atoms with E-state index in [-0.39, 0.29) is 11.7 Å². The van der Waals surface area contributed by atoms with Crippen molar-refractivity contribution in [1.29, 1.82) is 0 Å². The van der Waals surface area contributed by atoms with Gasteiger partial charge in [0.1, 0.15) is 17.6 Å². The lowest BCUT2D eigenvalue weighted by Crippen LogP contribution is -2.24. The van der Waals surface area contributed by atoms with Crippen LogP contribution in [-0.4, -0.2) is 15.7 Å². The highest BCUT2D eigenvalue weighted by Gasteiger charge is 2.16. The van der Waals surface area contributed by atoms with Crippen LogP contribution in [0.15, 0.2) is 60.9 Å². The van der Waals surface area contributed by atoms with Gasteiger partial charge in [-0.15, -0.1) is 0 Å². The number of halogens is 1. The van der Waals surface area contributed by atoms with E-state index < -0.39 is 6.04 Å². The number of aryl methyl sites for hydroxylation is 1. The number of nitrogens with one attached hydrogen (secondary N) is 1. The van der Waals surface area contributed by atoms with Gasteiger partial charge >= 0.3 is 0 Å². The molecule has 5 nitrogen and oxygen atoms in total. The summed E-state index contributed by atoms with van der Waals surface area (Å²) < 4.78 is 20.0. The van der Waals surface area contributed by atoms with Crippen molar-refractivity contribution in [2.75, 3.05) is 5.32 Å². The van der Waals surface area contributed by atoms with Gasteiger partial charge < -0.3 is 10.1 Å². The zero-order valence-corrected chi connectivity index (χ0v) is 13.9. The third kappa shape index (κ3) is 4.23. The summed E-state index contributed by atoms with van der Waals surface area (Å²) in [5.41, 5.74) is 1.81. The molecule has 0 saturated heterocycles. The SMILES string of the molecule is Cc1cccc(NC(=O)C(C)n2cc(Oc3ccc(F)cc3)cn2)c1. The van der Waals surface area contributed by atoms with Crippen molar-refractivity contribution in [3.8, 4) is 11.5 Å². The molecule has 0 aliphatic heterocycles. The Bertz CT molecular complexity index is 874. The molecule has 1 amide bonds. The smallest absolute Gasteiger partial charge is 0.248 e. The van der Waals surface area contributed by atoms with Crippen LogP contribution in [-0.2, 0) is 4.79 Å². The summed E-state index contributed by atoms with van der Waals surface area (Å²) in [7, 11) is 0. The lowest BCUT2D eigenvalue weighted by atomic mass is 10.2. The number of benzene rings is 2. The molecular weight excluding hydrogens is 321 g/mol. The first-order chi connectivity index (χ1) is 12.0. The summed E-state index contributed by atoms with van der Waals surface area (Å²) in [4.78, 5) is 12.4. The van der Waals surface area contributed by atoms with Crippen LogP contribution in [0.4, 0.5) is 10.1 Å². The van der Waals surface area contributed by atoms with E-state index in [0.29, 0.717) is 11.5 Å². The number of hydrogen-bond donors (Lipinski definition) is 1. The highest BCUT2D eigenvalue weighted by atomic mass is 19.1. The normalized spacial score (nSPS) is 11.8. The molecule has 6 heteroatoms. The first kappa shape index (κ1) is 16.7. The first-order valence-corrected chi connectivity index (χ1v) is 7.86. The van der Waals surface area contributed by atoms with Gasteiger partial charge in [0, 0.05) is 5.69 Å². The number of carbonyl (C=O) groups is 1. The molecule has 3 aromatic rings. The quantitative estimate of drug-likeness (QED) is 0.753. The van der Waals surface area contributed by atoms with E-state index in [0.717, 1.165) is 11.3 Å². The van der Waals surface area contributed by atoms with Crippen LogP contribution < -0.4 is 10.1 Å². The average molecular weight is 339 g/mol. The molecule has 25 heavy (non-hydrogen) atoms. The second kappa shape index (κ2) is 7.17. The van der Waals surface area contributed by atoms with Gasteiger partial charge in [-0.1, -0.05) is 12.1 Å². The van der Waals surface area contributed by atoms with Crippen LogP contribution in [0, 0.1) is 12.7 Å². The minimum Gasteiger partial charge on any atom is -0.454 e. The maximum atomic E-state index is 12.9. The molecule has 1 N–H and O–H groups in total. The standard InChI is InChI=1S/C19H18FN3O2/c1-13-4-3-5-16(10-13)22-19(24)14(2)23-12-18(11-21-23)25-17-8-6-15(20)7-9-17/h3-12,14H,1-2H3,(H,22,24). The Kier molecular flexibility index (Phi) is 4.79. The molecule has 0 aliphatic carbocycles. The third-order valence-electron chi connectivity index (χ3n) is 3.69. The van der Waals surface area contributed by atoms with Crippen LogP contribution in [0.3, 0.4) is 0 Å². The number of aromatic nitrogens is 2. The van der Waals surface area contributed by atoms with Crippen LogP contribution in [0.25, 0.3) is 0 Å². The van der Waals surface area contributed by atoms with Crippen molar-refractivity contribution in [2.24, 2.45) is 0 Å². The van der Waals surface area contributed by atoms with Gasteiger partial charge in [-0.3, -0.25) is 9.48 Å². The van der Waals surface area contributed by atoms with E-state index in [9.17, 15) is 9.18 Å². The largest absolute Gasteiger partial charge is 0.454 e. The molecular formula is C19H18FN3O2. The summed E-state index contributed by atoms with van der Waals surface area (Å²) in [6.07, 6.45) is 3.14. The van der Waals surface area contributed by atoms with E-state index in [2.05, 4.69) is 10.4 Å². The fourth-order valence-electron chi connectivity index (χ4n) is 2.31. The van der Waals surface area contributed by atoms with Crippen molar-refractivity contribution < 1.29 is 13.9 Å². The molecule has 0 aliphatic rings. The van der Waals surface area contributed by atoms with Gasteiger partial charge in [0.15, 0.2) is 5.75 Å². The van der Waals surface area contributed by atoms with Gasteiger partial charge in [0.25, 0.3) is 0 Å². The number of anilines is 1. The summed E-state index contributed by atoms with van der Waals surface area (Å²) in [5.74, 6) is 0.464. The third-order valence-corrected chi connectivity index (χ3v) is 3.69. The van der Waals surface area contributed by atoms with Crippen molar-refractivity contribution in [3.63, 3.8) is 0 Å². The van der Waals surface area contributed by atoms with Gasteiger partial charge in [-0.25, -0.2) is 4.39 Å². The highest BCUT2D eigenvalue weighted by molar-refractivity contribution is 5.93. The van der Waals surface area contributed by atoms with Crippen LogP contribution in [0.1, 0.15) is 18.5 Å². The number of nitrogens with zero attached hydrogens (tertiary/aromatic N) is 2. The molecule has 2 aromatic carbocycles. The lowest BCUT2D eigenvalue weighted by molar-refractivity contribution is -0.119. The Morgan fingerprint density at radius 2 is 1.96 bits per heavy atom.